The van der Waals surface area contributed by atoms with E-state index >= 15 is 0 Å². The Morgan fingerprint density at radius 1 is 1.04 bits per heavy atom. The van der Waals surface area contributed by atoms with Gasteiger partial charge in [-0.25, -0.2) is 0 Å². The lowest BCUT2D eigenvalue weighted by Crippen LogP contribution is -2.60. The number of aliphatic hydroxyl groups is 3. The van der Waals surface area contributed by atoms with Crippen molar-refractivity contribution in [3.8, 4) is 0 Å². The molecule has 4 fully saturated rings. The minimum Gasteiger partial charge on any atom is -0.393 e. The Hall–Kier alpha value is -0.450. The zero-order valence-corrected chi connectivity index (χ0v) is 16.6. The van der Waals surface area contributed by atoms with Gasteiger partial charge in [0.1, 0.15) is 12.2 Å². The van der Waals surface area contributed by atoms with Gasteiger partial charge in [-0.3, -0.25) is 4.79 Å². The molecule has 0 spiro atoms. The van der Waals surface area contributed by atoms with Gasteiger partial charge in [0.15, 0.2) is 5.78 Å². The predicted octanol–water partition coefficient (Wildman–Crippen LogP) is 2.93. The number of hydrogen-bond acceptors (Lipinski definition) is 4. The predicted molar refractivity (Wildman–Crippen MR) is 99.3 cm³/mol. The molecule has 0 aromatic carbocycles. The number of rotatable bonds is 2. The molecule has 4 nitrogen and oxygen atoms in total. The molecule has 9 atom stereocenters. The molecule has 4 saturated carbocycles. The van der Waals surface area contributed by atoms with Crippen molar-refractivity contribution in [1.29, 1.82) is 0 Å². The minimum absolute atomic E-state index is 0.0883. The fourth-order valence-corrected chi connectivity index (χ4v) is 8.29. The molecule has 4 aliphatic rings. The average Bonchev–Trinajstić information content (AvgIpc) is 2.83. The zero-order valence-electron chi connectivity index (χ0n) is 16.6. The van der Waals surface area contributed by atoms with E-state index in [1.807, 2.05) is 6.92 Å². The number of fused-ring (bicyclic) bond motifs is 5. The lowest BCUT2D eigenvalue weighted by Gasteiger charge is -2.61. The van der Waals surface area contributed by atoms with Crippen molar-refractivity contribution in [2.75, 3.05) is 6.61 Å². The van der Waals surface area contributed by atoms with Gasteiger partial charge in [-0.15, -0.1) is 0 Å². The SMILES string of the molecule is C[C@@H]1C[C@@H]2[C@@H]3CC[C@@H]4C[C@H](O)CC[C@]4(C)[C@H]3CC[C@@]2(C)[C@@]1(O)C(=O)CO. The largest absolute Gasteiger partial charge is 0.393 e. The summed E-state index contributed by atoms with van der Waals surface area (Å²) in [5.41, 5.74) is -1.49. The third kappa shape index (κ3) is 2.21. The van der Waals surface area contributed by atoms with Crippen molar-refractivity contribution in [1.82, 2.24) is 0 Å². The maximum Gasteiger partial charge on any atom is 0.190 e. The molecule has 148 valence electrons. The van der Waals surface area contributed by atoms with Crippen molar-refractivity contribution in [3.05, 3.63) is 0 Å². The maximum absolute atomic E-state index is 12.6. The first-order valence-corrected chi connectivity index (χ1v) is 10.7. The van der Waals surface area contributed by atoms with Crippen molar-refractivity contribution in [2.24, 2.45) is 40.4 Å². The monoisotopic (exact) mass is 364 g/mol. The Bertz CT molecular complexity index is 591. The van der Waals surface area contributed by atoms with Gasteiger partial charge in [0, 0.05) is 5.41 Å². The molecule has 0 bridgehead atoms. The van der Waals surface area contributed by atoms with E-state index in [9.17, 15) is 20.1 Å². The number of aliphatic hydroxyl groups excluding tert-OH is 2. The van der Waals surface area contributed by atoms with Gasteiger partial charge in [-0.2, -0.15) is 0 Å². The molecule has 4 aliphatic carbocycles. The van der Waals surface area contributed by atoms with Crippen LogP contribution in [0.25, 0.3) is 0 Å². The van der Waals surface area contributed by atoms with E-state index in [1.54, 1.807) is 0 Å². The summed E-state index contributed by atoms with van der Waals surface area (Å²) >= 11 is 0. The van der Waals surface area contributed by atoms with Crippen LogP contribution in [-0.2, 0) is 4.79 Å². The van der Waals surface area contributed by atoms with Crippen molar-refractivity contribution in [2.45, 2.75) is 83.8 Å². The molecule has 0 aromatic heterocycles. The minimum atomic E-state index is -1.38. The van der Waals surface area contributed by atoms with Crippen LogP contribution in [0.5, 0.6) is 0 Å². The summed E-state index contributed by atoms with van der Waals surface area (Å²) in [7, 11) is 0. The number of carbonyl (C=O) groups excluding carboxylic acids is 1. The third-order valence-corrected chi connectivity index (χ3v) is 9.79. The Labute approximate surface area is 157 Å². The quantitative estimate of drug-likeness (QED) is 0.704. The fourth-order valence-electron chi connectivity index (χ4n) is 8.29. The Balaban J connectivity index is 1.67. The number of Topliss-reactive ketones (excluding diaryl/α,β-unsaturated/α-hetero) is 1. The molecule has 3 N–H and O–H groups in total. The first-order chi connectivity index (χ1) is 12.2. The Kier molecular flexibility index (Phi) is 4.38. The van der Waals surface area contributed by atoms with Gasteiger partial charge >= 0.3 is 0 Å². The lowest BCUT2D eigenvalue weighted by molar-refractivity contribution is -0.178. The Morgan fingerprint density at radius 2 is 1.77 bits per heavy atom. The summed E-state index contributed by atoms with van der Waals surface area (Å²) in [5, 5.41) is 31.1. The van der Waals surface area contributed by atoms with E-state index < -0.39 is 17.6 Å². The first kappa shape index (κ1) is 18.9. The van der Waals surface area contributed by atoms with E-state index in [1.165, 1.54) is 6.42 Å². The second-order valence-electron chi connectivity index (χ2n) is 10.5. The van der Waals surface area contributed by atoms with Crippen LogP contribution < -0.4 is 0 Å². The van der Waals surface area contributed by atoms with Crippen molar-refractivity contribution < 1.29 is 20.1 Å². The van der Waals surface area contributed by atoms with Gasteiger partial charge in [-0.1, -0.05) is 20.8 Å². The third-order valence-electron chi connectivity index (χ3n) is 9.79. The number of hydrogen-bond donors (Lipinski definition) is 3. The highest BCUT2D eigenvalue weighted by atomic mass is 16.3. The molecule has 0 saturated heterocycles. The van der Waals surface area contributed by atoms with Crippen LogP contribution in [-0.4, -0.2) is 39.4 Å². The van der Waals surface area contributed by atoms with Crippen molar-refractivity contribution >= 4 is 5.78 Å². The van der Waals surface area contributed by atoms with Crippen LogP contribution in [0.3, 0.4) is 0 Å². The second-order valence-corrected chi connectivity index (χ2v) is 10.5. The topological polar surface area (TPSA) is 77.8 Å². The molecule has 0 aliphatic heterocycles. The van der Waals surface area contributed by atoms with Crippen LogP contribution in [0.4, 0.5) is 0 Å². The zero-order chi connectivity index (χ0) is 18.9. The fraction of sp³-hybridized carbons (Fsp3) is 0.955. The van der Waals surface area contributed by atoms with E-state index in [0.717, 1.165) is 44.9 Å². The summed E-state index contributed by atoms with van der Waals surface area (Å²) in [5.74, 6) is 1.72. The molecule has 0 amide bonds. The highest BCUT2D eigenvalue weighted by Gasteiger charge is 2.68. The highest BCUT2D eigenvalue weighted by Crippen LogP contribution is 2.69. The molecule has 4 heteroatoms. The lowest BCUT2D eigenvalue weighted by atomic mass is 9.44. The van der Waals surface area contributed by atoms with E-state index in [0.29, 0.717) is 29.1 Å². The van der Waals surface area contributed by atoms with E-state index in [2.05, 4.69) is 13.8 Å². The van der Waals surface area contributed by atoms with Gasteiger partial charge in [0.05, 0.1) is 6.10 Å². The maximum atomic E-state index is 12.6. The summed E-state index contributed by atoms with van der Waals surface area (Å²) < 4.78 is 0. The Morgan fingerprint density at radius 3 is 2.46 bits per heavy atom. The van der Waals surface area contributed by atoms with Crippen LogP contribution >= 0.6 is 0 Å². The molecule has 0 radical (unpaired) electrons. The molecule has 4 rings (SSSR count). The van der Waals surface area contributed by atoms with Gasteiger partial charge in [0.25, 0.3) is 0 Å². The first-order valence-electron chi connectivity index (χ1n) is 10.7. The molecule has 26 heavy (non-hydrogen) atoms. The molecule has 0 aromatic rings. The van der Waals surface area contributed by atoms with E-state index in [-0.39, 0.29) is 17.8 Å². The van der Waals surface area contributed by atoms with Crippen LogP contribution in [0, 0.1) is 40.4 Å². The van der Waals surface area contributed by atoms with Gasteiger partial charge in [0.2, 0.25) is 0 Å². The van der Waals surface area contributed by atoms with Crippen molar-refractivity contribution in [3.63, 3.8) is 0 Å². The summed E-state index contributed by atoms with van der Waals surface area (Å²) in [4.78, 5) is 12.6. The molecule has 0 heterocycles. The highest BCUT2D eigenvalue weighted by molar-refractivity contribution is 5.89. The van der Waals surface area contributed by atoms with Gasteiger partial charge < -0.3 is 15.3 Å². The smallest absolute Gasteiger partial charge is 0.190 e. The normalized spacial score (nSPS) is 56.4. The van der Waals surface area contributed by atoms with Gasteiger partial charge in [-0.05, 0) is 86.4 Å². The van der Waals surface area contributed by atoms with E-state index in [4.69, 9.17) is 0 Å². The second kappa shape index (κ2) is 6.02. The summed E-state index contributed by atoms with van der Waals surface area (Å²) in [6, 6.07) is 0. The molecule has 0 unspecified atom stereocenters. The summed E-state index contributed by atoms with van der Waals surface area (Å²) in [6.45, 7) is 6.00. The summed E-state index contributed by atoms with van der Waals surface area (Å²) in [6.07, 6.45) is 8.01. The van der Waals surface area contributed by atoms with Crippen LogP contribution in [0.1, 0.15) is 72.1 Å². The standard InChI is InChI=1S/C22H36O4/c1-13-10-18-16-5-4-14-11-15(24)6-8-20(14,2)17(16)7-9-21(18,3)22(13,26)19(25)12-23/h13-18,23-24,26H,4-12H2,1-3H3/t13-,14-,15-,16-,17+,18-,20+,21-,22+/m1/s1. The van der Waals surface area contributed by atoms with Crippen LogP contribution in [0.15, 0.2) is 0 Å². The molecular formula is C22H36O4. The van der Waals surface area contributed by atoms with Crippen LogP contribution in [0.2, 0.25) is 0 Å². The number of carbonyl (C=O) groups is 1. The molecular weight excluding hydrogens is 328 g/mol. The average molecular weight is 365 g/mol. The number of ketones is 1.